The van der Waals surface area contributed by atoms with Crippen molar-refractivity contribution in [2.24, 2.45) is 0 Å². The van der Waals surface area contributed by atoms with Gasteiger partial charge in [-0.05, 0) is 67.9 Å². The molecule has 5 rings (SSSR count). The molecule has 0 atom stereocenters. The Balaban J connectivity index is 1.37. The number of nitrogens with zero attached hydrogens (tertiary/aromatic N) is 1. The maximum absolute atomic E-state index is 13.2. The summed E-state index contributed by atoms with van der Waals surface area (Å²) in [6, 6.07) is 24.0. The average Bonchev–Trinajstić information content (AvgIpc) is 3.11. The van der Waals surface area contributed by atoms with Gasteiger partial charge in [-0.2, -0.15) is 0 Å². The normalized spacial score (nSPS) is 15.1. The fraction of sp³-hybridized carbons (Fsp3) is 0.172. The number of carbonyl (C=O) groups excluding carboxylic acids is 1. The van der Waals surface area contributed by atoms with E-state index in [0.29, 0.717) is 28.2 Å². The van der Waals surface area contributed by atoms with Gasteiger partial charge in [0, 0.05) is 10.9 Å². The van der Waals surface area contributed by atoms with Crippen molar-refractivity contribution < 1.29 is 32.2 Å². The number of hydrogen-bond acceptors (Lipinski definition) is 5. The lowest BCUT2D eigenvalue weighted by Gasteiger charge is -2.18. The number of halogens is 3. The molecule has 1 aliphatic heterocycles. The van der Waals surface area contributed by atoms with Crippen LogP contribution in [-0.2, 0) is 16.1 Å². The molecular weight excluding hydrogens is 483 g/mol. The molecule has 0 aliphatic carbocycles. The highest BCUT2D eigenvalue weighted by molar-refractivity contribution is 6.32. The number of fused-ring (bicyclic) bond motifs is 1. The zero-order valence-electron chi connectivity index (χ0n) is 20.0. The highest BCUT2D eigenvalue weighted by Crippen LogP contribution is 2.42. The zero-order valence-corrected chi connectivity index (χ0v) is 20.0. The van der Waals surface area contributed by atoms with Crippen LogP contribution < -0.4 is 9.47 Å². The van der Waals surface area contributed by atoms with Crippen LogP contribution in [0.3, 0.4) is 0 Å². The molecule has 1 aromatic heterocycles. The van der Waals surface area contributed by atoms with E-state index in [2.05, 4.69) is 9.72 Å². The summed E-state index contributed by atoms with van der Waals surface area (Å²) in [6.45, 7) is 3.58. The standard InChI is InChI=1S/C29H22F3NO4/c1-28(2)27(34)25(26(37-28)20-10-15-23(16-11-20)36-29(30,31)32)19-8-13-22(14-9-19)35-17-21-12-7-18-5-3-4-6-24(18)33-21/h3-16H,17H2,1-2H3. The third kappa shape index (κ3) is 5.28. The van der Waals surface area contributed by atoms with E-state index in [0.717, 1.165) is 16.6 Å². The molecule has 188 valence electrons. The maximum Gasteiger partial charge on any atom is 0.573 e. The zero-order chi connectivity index (χ0) is 26.2. The van der Waals surface area contributed by atoms with E-state index >= 15 is 0 Å². The minimum absolute atomic E-state index is 0.229. The molecule has 0 bridgehead atoms. The van der Waals surface area contributed by atoms with Gasteiger partial charge in [0.25, 0.3) is 0 Å². The molecule has 5 nitrogen and oxygen atoms in total. The van der Waals surface area contributed by atoms with Crippen molar-refractivity contribution in [2.45, 2.75) is 32.4 Å². The molecule has 0 saturated carbocycles. The predicted molar refractivity (Wildman–Crippen MR) is 133 cm³/mol. The molecule has 2 heterocycles. The number of carbonyl (C=O) groups is 1. The van der Waals surface area contributed by atoms with Crippen molar-refractivity contribution in [1.82, 2.24) is 4.98 Å². The summed E-state index contributed by atoms with van der Waals surface area (Å²) < 4.78 is 53.3. The fourth-order valence-electron chi connectivity index (χ4n) is 4.09. The summed E-state index contributed by atoms with van der Waals surface area (Å²) in [7, 11) is 0. The summed E-state index contributed by atoms with van der Waals surface area (Å²) >= 11 is 0. The van der Waals surface area contributed by atoms with Gasteiger partial charge in [0.1, 0.15) is 23.9 Å². The molecule has 0 unspecified atom stereocenters. The highest BCUT2D eigenvalue weighted by Gasteiger charge is 2.42. The minimum atomic E-state index is -4.79. The number of benzene rings is 3. The SMILES string of the molecule is CC1(C)OC(c2ccc(OC(F)(F)F)cc2)=C(c2ccc(OCc3ccc4ccccc4n3)cc2)C1=O. The van der Waals surface area contributed by atoms with Gasteiger partial charge in [-0.15, -0.1) is 13.2 Å². The number of hydrogen-bond donors (Lipinski definition) is 0. The van der Waals surface area contributed by atoms with Crippen molar-refractivity contribution in [3.63, 3.8) is 0 Å². The first kappa shape index (κ1) is 24.4. The Bertz CT molecular complexity index is 1490. The van der Waals surface area contributed by atoms with Crippen LogP contribution in [0.4, 0.5) is 13.2 Å². The van der Waals surface area contributed by atoms with Gasteiger partial charge in [0.05, 0.1) is 16.8 Å². The molecule has 0 fully saturated rings. The fourth-order valence-corrected chi connectivity index (χ4v) is 4.09. The van der Waals surface area contributed by atoms with Crippen molar-refractivity contribution >= 4 is 28.0 Å². The van der Waals surface area contributed by atoms with Crippen LogP contribution in [0.1, 0.15) is 30.7 Å². The van der Waals surface area contributed by atoms with Gasteiger partial charge in [-0.3, -0.25) is 4.79 Å². The van der Waals surface area contributed by atoms with Crippen LogP contribution in [0.2, 0.25) is 0 Å². The molecule has 0 spiro atoms. The Morgan fingerprint density at radius 1 is 0.838 bits per heavy atom. The third-order valence-electron chi connectivity index (χ3n) is 5.89. The van der Waals surface area contributed by atoms with Crippen molar-refractivity contribution in [1.29, 1.82) is 0 Å². The van der Waals surface area contributed by atoms with Gasteiger partial charge in [-0.25, -0.2) is 4.98 Å². The number of para-hydroxylation sites is 1. The lowest BCUT2D eigenvalue weighted by molar-refractivity contribution is -0.274. The van der Waals surface area contributed by atoms with Crippen LogP contribution in [-0.4, -0.2) is 22.7 Å². The number of aromatic nitrogens is 1. The van der Waals surface area contributed by atoms with Crippen LogP contribution in [0, 0.1) is 0 Å². The number of ketones is 1. The van der Waals surface area contributed by atoms with Gasteiger partial charge in [-0.1, -0.05) is 36.4 Å². The Morgan fingerprint density at radius 2 is 1.49 bits per heavy atom. The van der Waals surface area contributed by atoms with Crippen LogP contribution in [0.15, 0.2) is 84.9 Å². The van der Waals surface area contributed by atoms with E-state index in [1.165, 1.54) is 24.3 Å². The molecule has 3 aromatic carbocycles. The molecule has 1 aliphatic rings. The topological polar surface area (TPSA) is 57.6 Å². The summed E-state index contributed by atoms with van der Waals surface area (Å²) in [5, 5.41) is 1.05. The average molecular weight is 505 g/mol. The second-order valence-electron chi connectivity index (χ2n) is 9.03. The lowest BCUT2D eigenvalue weighted by Crippen LogP contribution is -2.29. The van der Waals surface area contributed by atoms with E-state index < -0.39 is 12.0 Å². The van der Waals surface area contributed by atoms with E-state index in [1.807, 2.05) is 36.4 Å². The number of alkyl halides is 3. The van der Waals surface area contributed by atoms with Gasteiger partial charge in [0.2, 0.25) is 5.78 Å². The second-order valence-corrected chi connectivity index (χ2v) is 9.03. The number of ether oxygens (including phenoxy) is 3. The van der Waals surface area contributed by atoms with Crippen LogP contribution in [0.5, 0.6) is 11.5 Å². The van der Waals surface area contributed by atoms with Crippen molar-refractivity contribution in [3.05, 3.63) is 102 Å². The minimum Gasteiger partial charge on any atom is -0.487 e. The first-order chi connectivity index (χ1) is 17.6. The van der Waals surface area contributed by atoms with Crippen LogP contribution >= 0.6 is 0 Å². The second kappa shape index (κ2) is 9.28. The summed E-state index contributed by atoms with van der Waals surface area (Å²) in [5.74, 6) is 0.305. The molecule has 37 heavy (non-hydrogen) atoms. The van der Waals surface area contributed by atoms with Gasteiger partial charge in [0.15, 0.2) is 5.60 Å². The molecule has 8 heteroatoms. The quantitative estimate of drug-likeness (QED) is 0.284. The highest BCUT2D eigenvalue weighted by atomic mass is 19.4. The smallest absolute Gasteiger partial charge is 0.487 e. The number of Topliss-reactive ketones (excluding diaryl/α,β-unsaturated/α-hetero) is 1. The third-order valence-corrected chi connectivity index (χ3v) is 5.89. The lowest BCUT2D eigenvalue weighted by atomic mass is 9.92. The summed E-state index contributed by atoms with van der Waals surface area (Å²) in [6.07, 6.45) is -4.79. The molecule has 4 aromatic rings. The Morgan fingerprint density at radius 3 is 2.19 bits per heavy atom. The van der Waals surface area contributed by atoms with Crippen molar-refractivity contribution in [3.8, 4) is 11.5 Å². The summed E-state index contributed by atoms with van der Waals surface area (Å²) in [5.41, 5.74) is 1.97. The Hall–Kier alpha value is -4.33. The summed E-state index contributed by atoms with van der Waals surface area (Å²) in [4.78, 5) is 17.8. The molecule has 0 radical (unpaired) electrons. The molecular formula is C29H22F3NO4. The van der Waals surface area contributed by atoms with E-state index in [-0.39, 0.29) is 18.1 Å². The van der Waals surface area contributed by atoms with E-state index in [9.17, 15) is 18.0 Å². The number of pyridine rings is 1. The van der Waals surface area contributed by atoms with Crippen molar-refractivity contribution in [2.75, 3.05) is 0 Å². The van der Waals surface area contributed by atoms with Gasteiger partial charge < -0.3 is 14.2 Å². The first-order valence-electron chi connectivity index (χ1n) is 11.5. The Kier molecular flexibility index (Phi) is 6.11. The monoisotopic (exact) mass is 505 g/mol. The maximum atomic E-state index is 13.2. The first-order valence-corrected chi connectivity index (χ1v) is 11.5. The van der Waals surface area contributed by atoms with Gasteiger partial charge >= 0.3 is 6.36 Å². The molecule has 0 saturated heterocycles. The molecule has 0 N–H and O–H groups in total. The number of rotatable bonds is 6. The van der Waals surface area contributed by atoms with Crippen LogP contribution in [0.25, 0.3) is 22.2 Å². The predicted octanol–water partition coefficient (Wildman–Crippen LogP) is 6.96. The van der Waals surface area contributed by atoms with E-state index in [4.69, 9.17) is 9.47 Å². The van der Waals surface area contributed by atoms with E-state index in [1.54, 1.807) is 38.1 Å². The largest absolute Gasteiger partial charge is 0.573 e. The molecule has 0 amide bonds. The Labute approximate surface area is 211 Å².